The Labute approximate surface area is 181 Å². The van der Waals surface area contributed by atoms with E-state index < -0.39 is 0 Å². The topological polar surface area (TPSA) is 73.3 Å². The van der Waals surface area contributed by atoms with Gasteiger partial charge in [0.05, 0.1) is 12.5 Å². The van der Waals surface area contributed by atoms with Crippen molar-refractivity contribution in [2.75, 3.05) is 54.4 Å². The molecule has 1 aliphatic rings. The van der Waals surface area contributed by atoms with Crippen molar-refractivity contribution in [3.8, 4) is 5.75 Å². The quantitative estimate of drug-likeness (QED) is 0.711. The normalized spacial score (nSPS) is 19.5. The summed E-state index contributed by atoms with van der Waals surface area (Å²) in [5.74, 6) is 1.24. The zero-order valence-corrected chi connectivity index (χ0v) is 19.6. The molecule has 0 unspecified atom stereocenters. The van der Waals surface area contributed by atoms with Gasteiger partial charge in [0, 0.05) is 26.2 Å². The van der Waals surface area contributed by atoms with Crippen LogP contribution in [0.1, 0.15) is 29.5 Å². The molecule has 1 saturated heterocycles. The molecule has 0 saturated carbocycles. The number of hydrogen-bond donors (Lipinski definition) is 1. The number of carbonyl (C=O) groups is 2. The van der Waals surface area contributed by atoms with Gasteiger partial charge in [-0.05, 0) is 77.5 Å². The number of benzene rings is 1. The van der Waals surface area contributed by atoms with Gasteiger partial charge in [-0.15, -0.1) is 0 Å². The maximum Gasteiger partial charge on any atom is 0.290 e. The lowest BCUT2D eigenvalue weighted by molar-refractivity contribution is -0.135. The molecule has 1 amide bonds. The van der Waals surface area contributed by atoms with E-state index in [2.05, 4.69) is 63.8 Å². The monoisotopic (exact) mass is 421 g/mol. The van der Waals surface area contributed by atoms with Gasteiger partial charge in [0.2, 0.25) is 5.91 Å². The second kappa shape index (κ2) is 12.5. The van der Waals surface area contributed by atoms with Gasteiger partial charge in [-0.3, -0.25) is 9.59 Å². The largest absolute Gasteiger partial charge is 0.491 e. The number of carboxylic acid groups (broad SMARTS) is 1. The Kier molecular flexibility index (Phi) is 10.8. The minimum atomic E-state index is -0.250. The summed E-state index contributed by atoms with van der Waals surface area (Å²) < 4.78 is 5.99. The molecule has 0 bridgehead atoms. The fourth-order valence-corrected chi connectivity index (χ4v) is 3.87. The first kappa shape index (κ1) is 25.9. The van der Waals surface area contributed by atoms with Crippen LogP contribution in [0.15, 0.2) is 12.1 Å². The van der Waals surface area contributed by atoms with Crippen LogP contribution in [0.25, 0.3) is 0 Å². The maximum atomic E-state index is 12.9. The van der Waals surface area contributed by atoms with Crippen LogP contribution in [0, 0.1) is 26.7 Å². The van der Waals surface area contributed by atoms with Crippen molar-refractivity contribution in [1.82, 2.24) is 14.7 Å². The molecule has 0 radical (unpaired) electrons. The maximum absolute atomic E-state index is 12.9. The average Bonchev–Trinajstić information content (AvgIpc) is 2.87. The molecule has 30 heavy (non-hydrogen) atoms. The smallest absolute Gasteiger partial charge is 0.290 e. The lowest BCUT2D eigenvalue weighted by Crippen LogP contribution is -2.40. The highest BCUT2D eigenvalue weighted by molar-refractivity contribution is 5.78. The zero-order chi connectivity index (χ0) is 22.8. The average molecular weight is 422 g/mol. The first-order valence-electron chi connectivity index (χ1n) is 10.5. The molecule has 7 nitrogen and oxygen atoms in total. The molecule has 0 aliphatic carbocycles. The summed E-state index contributed by atoms with van der Waals surface area (Å²) in [6, 6.07) is 4.77. The third kappa shape index (κ3) is 7.95. The standard InChI is InChI=1S/C22H37N3O2.CH2O2/c1-16-12-17(2)18(3)21(13-16)27-11-10-25(7)22(26)19-8-9-20(23(4)5)15-24(6)14-19;2-1-3/h12-13,19-20H,8-11,14-15H2,1-7H3;1H,(H,2,3)/t19-,20+;/m1./s1. The van der Waals surface area contributed by atoms with Crippen LogP contribution < -0.4 is 4.74 Å². The first-order valence-corrected chi connectivity index (χ1v) is 10.5. The van der Waals surface area contributed by atoms with Gasteiger partial charge < -0.3 is 24.5 Å². The van der Waals surface area contributed by atoms with E-state index in [9.17, 15) is 4.79 Å². The van der Waals surface area contributed by atoms with E-state index in [0.717, 1.165) is 31.7 Å². The molecule has 0 spiro atoms. The summed E-state index contributed by atoms with van der Waals surface area (Å²) in [6.45, 7) is 9.02. The van der Waals surface area contributed by atoms with Gasteiger partial charge in [0.15, 0.2) is 0 Å². The molecule has 1 aromatic rings. The van der Waals surface area contributed by atoms with Crippen LogP contribution in [0.5, 0.6) is 5.75 Å². The minimum Gasteiger partial charge on any atom is -0.491 e. The molecule has 0 aromatic heterocycles. The van der Waals surface area contributed by atoms with Gasteiger partial charge in [0.1, 0.15) is 12.4 Å². The number of aryl methyl sites for hydroxylation is 2. The van der Waals surface area contributed by atoms with Crippen molar-refractivity contribution in [1.29, 1.82) is 0 Å². The van der Waals surface area contributed by atoms with E-state index >= 15 is 0 Å². The number of ether oxygens (including phenoxy) is 1. The molecule has 2 atom stereocenters. The number of amides is 1. The number of hydrogen-bond acceptors (Lipinski definition) is 5. The fraction of sp³-hybridized carbons (Fsp3) is 0.652. The van der Waals surface area contributed by atoms with E-state index in [-0.39, 0.29) is 18.3 Å². The van der Waals surface area contributed by atoms with Crippen LogP contribution in [-0.4, -0.2) is 92.7 Å². The Hall–Kier alpha value is -2.12. The number of rotatable bonds is 6. The predicted molar refractivity (Wildman–Crippen MR) is 120 cm³/mol. The van der Waals surface area contributed by atoms with Crippen molar-refractivity contribution in [3.63, 3.8) is 0 Å². The molecule has 1 heterocycles. The van der Waals surface area contributed by atoms with E-state index in [1.54, 1.807) is 0 Å². The number of nitrogens with zero attached hydrogens (tertiary/aromatic N) is 3. The van der Waals surface area contributed by atoms with E-state index in [1.807, 2.05) is 11.9 Å². The number of likely N-dealkylation sites (N-methyl/N-ethyl adjacent to an activating group) is 3. The Balaban J connectivity index is 0.00000141. The Bertz CT molecular complexity index is 693. The number of likely N-dealkylation sites (tertiary alicyclic amines) is 1. The molecular formula is C23H39N3O4. The summed E-state index contributed by atoms with van der Waals surface area (Å²) in [7, 11) is 8.26. The summed E-state index contributed by atoms with van der Waals surface area (Å²) in [5.41, 5.74) is 3.62. The SMILES string of the molecule is Cc1cc(C)c(C)c(OCCN(C)C(=O)[C@@H]2CC[C@H](N(C)C)CN(C)C2)c1.O=CO. The highest BCUT2D eigenvalue weighted by Gasteiger charge is 2.29. The summed E-state index contributed by atoms with van der Waals surface area (Å²) >= 11 is 0. The summed E-state index contributed by atoms with van der Waals surface area (Å²) in [5, 5.41) is 6.89. The molecular weight excluding hydrogens is 382 g/mol. The molecule has 1 aliphatic heterocycles. The van der Waals surface area contributed by atoms with Gasteiger partial charge in [-0.1, -0.05) is 6.07 Å². The van der Waals surface area contributed by atoms with Crippen LogP contribution in [0.2, 0.25) is 0 Å². The van der Waals surface area contributed by atoms with Crippen molar-refractivity contribution in [2.45, 2.75) is 39.7 Å². The molecule has 7 heteroatoms. The van der Waals surface area contributed by atoms with Crippen LogP contribution >= 0.6 is 0 Å². The molecule has 2 rings (SSSR count). The lowest BCUT2D eigenvalue weighted by Gasteiger charge is -2.26. The second-order valence-corrected chi connectivity index (χ2v) is 8.53. The second-order valence-electron chi connectivity index (χ2n) is 8.53. The van der Waals surface area contributed by atoms with Crippen molar-refractivity contribution in [2.24, 2.45) is 5.92 Å². The molecule has 1 fully saturated rings. The van der Waals surface area contributed by atoms with Crippen molar-refractivity contribution in [3.05, 3.63) is 28.8 Å². The highest BCUT2D eigenvalue weighted by atomic mass is 16.5. The minimum absolute atomic E-state index is 0.0768. The van der Waals surface area contributed by atoms with E-state index in [1.165, 1.54) is 16.7 Å². The Morgan fingerprint density at radius 2 is 1.83 bits per heavy atom. The third-order valence-electron chi connectivity index (χ3n) is 5.81. The van der Waals surface area contributed by atoms with Crippen molar-refractivity contribution >= 4 is 12.4 Å². The number of carbonyl (C=O) groups excluding carboxylic acids is 1. The summed E-state index contributed by atoms with van der Waals surface area (Å²) in [6.07, 6.45) is 2.02. The lowest BCUT2D eigenvalue weighted by atomic mass is 10.00. The van der Waals surface area contributed by atoms with Gasteiger partial charge in [-0.2, -0.15) is 0 Å². The van der Waals surface area contributed by atoms with Crippen LogP contribution in [0.4, 0.5) is 0 Å². The fourth-order valence-electron chi connectivity index (χ4n) is 3.87. The Morgan fingerprint density at radius 3 is 2.43 bits per heavy atom. The third-order valence-corrected chi connectivity index (χ3v) is 5.81. The highest BCUT2D eigenvalue weighted by Crippen LogP contribution is 2.23. The van der Waals surface area contributed by atoms with Gasteiger partial charge in [-0.25, -0.2) is 0 Å². The predicted octanol–water partition coefficient (Wildman–Crippen LogP) is 2.42. The molecule has 1 aromatic carbocycles. The van der Waals surface area contributed by atoms with Gasteiger partial charge >= 0.3 is 0 Å². The first-order chi connectivity index (χ1) is 14.1. The Morgan fingerprint density at radius 1 is 1.20 bits per heavy atom. The van der Waals surface area contributed by atoms with E-state index in [4.69, 9.17) is 14.6 Å². The van der Waals surface area contributed by atoms with Crippen LogP contribution in [-0.2, 0) is 9.59 Å². The zero-order valence-electron chi connectivity index (χ0n) is 19.6. The van der Waals surface area contributed by atoms with E-state index in [0.29, 0.717) is 19.2 Å². The van der Waals surface area contributed by atoms with Crippen molar-refractivity contribution < 1.29 is 19.4 Å². The molecule has 1 N–H and O–H groups in total. The van der Waals surface area contributed by atoms with Crippen LogP contribution in [0.3, 0.4) is 0 Å². The molecule has 170 valence electrons. The van der Waals surface area contributed by atoms with Gasteiger partial charge in [0.25, 0.3) is 6.47 Å². The summed E-state index contributed by atoms with van der Waals surface area (Å²) in [4.78, 5) is 27.7.